The quantitative estimate of drug-likeness (QED) is 0.717. The molecule has 0 bridgehead atoms. The summed E-state index contributed by atoms with van der Waals surface area (Å²) in [6.07, 6.45) is 8.92. The number of pyridine rings is 1. The molecule has 7 nitrogen and oxygen atoms in total. The van der Waals surface area contributed by atoms with Gasteiger partial charge < -0.3 is 9.64 Å². The Morgan fingerprint density at radius 3 is 3.11 bits per heavy atom. The van der Waals surface area contributed by atoms with Crippen molar-refractivity contribution in [2.75, 3.05) is 32.7 Å². The van der Waals surface area contributed by atoms with Crippen LogP contribution in [0.5, 0.6) is 5.88 Å². The lowest BCUT2D eigenvalue weighted by Crippen LogP contribution is -2.38. The lowest BCUT2D eigenvalue weighted by atomic mass is 10.1. The molecule has 144 valence electrons. The van der Waals surface area contributed by atoms with Gasteiger partial charge in [0.15, 0.2) is 0 Å². The summed E-state index contributed by atoms with van der Waals surface area (Å²) in [6.45, 7) is 1.88. The maximum atomic E-state index is 13.8. The molecule has 3 aliphatic rings. The van der Waals surface area contributed by atoms with Gasteiger partial charge in [-0.25, -0.2) is 19.4 Å². The minimum atomic E-state index is -0.365. The minimum Gasteiger partial charge on any atom is -0.481 e. The average molecular weight is 394 g/mol. The van der Waals surface area contributed by atoms with Crippen molar-refractivity contribution in [3.05, 3.63) is 47.8 Å². The molecule has 0 aliphatic carbocycles. The Labute approximate surface area is 162 Å². The van der Waals surface area contributed by atoms with Crippen LogP contribution >= 0.6 is 11.6 Å². The van der Waals surface area contributed by atoms with Crippen molar-refractivity contribution in [1.29, 1.82) is 0 Å². The minimum absolute atomic E-state index is 0.0243. The molecule has 27 heavy (non-hydrogen) atoms. The van der Waals surface area contributed by atoms with Gasteiger partial charge in [-0.15, -0.1) is 11.6 Å². The second-order valence-corrected chi connectivity index (χ2v) is 6.73. The predicted molar refractivity (Wildman–Crippen MR) is 99.3 cm³/mol. The molecule has 9 heteroatoms. The van der Waals surface area contributed by atoms with Crippen molar-refractivity contribution in [2.24, 2.45) is 4.99 Å². The molecule has 1 saturated heterocycles. The molecule has 4 rings (SSSR count). The molecule has 0 radical (unpaired) electrons. The molecular weight excluding hydrogens is 373 g/mol. The highest BCUT2D eigenvalue weighted by Crippen LogP contribution is 2.37. The van der Waals surface area contributed by atoms with Gasteiger partial charge in [0.25, 0.3) is 0 Å². The standard InChI is InChI=1S/C18H21ClFN5O2/c1-26-18-14(11-13(20)12-21-18)15-3-2-7-23(15)16-4-8-24-17(22-16)5-9-25(24)27-10-6-19/h4-5,8,11-12,15H,2-3,6-7,9-10H2,1H3/t15-/m1/s1. The summed E-state index contributed by atoms with van der Waals surface area (Å²) in [5.74, 6) is 2.16. The topological polar surface area (TPSA) is 53.4 Å². The van der Waals surface area contributed by atoms with Gasteiger partial charge in [0.2, 0.25) is 5.88 Å². The van der Waals surface area contributed by atoms with Crippen molar-refractivity contribution >= 4 is 17.4 Å². The van der Waals surface area contributed by atoms with E-state index in [4.69, 9.17) is 26.2 Å². The summed E-state index contributed by atoms with van der Waals surface area (Å²) < 4.78 is 19.2. The fraction of sp³-hybridized carbons (Fsp3) is 0.444. The van der Waals surface area contributed by atoms with E-state index in [2.05, 4.69) is 9.88 Å². The Balaban J connectivity index is 1.56. The molecule has 0 N–H and O–H groups in total. The largest absolute Gasteiger partial charge is 0.481 e. The van der Waals surface area contributed by atoms with Gasteiger partial charge in [0.05, 0.1) is 32.5 Å². The number of aromatic nitrogens is 1. The van der Waals surface area contributed by atoms with E-state index in [1.807, 2.05) is 23.4 Å². The van der Waals surface area contributed by atoms with Crippen LogP contribution in [0.4, 0.5) is 4.39 Å². The van der Waals surface area contributed by atoms with Crippen LogP contribution in [0.3, 0.4) is 0 Å². The average Bonchev–Trinajstić information content (AvgIpc) is 3.33. The first-order chi connectivity index (χ1) is 13.2. The Bertz CT molecular complexity index is 800. The third-order valence-electron chi connectivity index (χ3n) is 4.76. The van der Waals surface area contributed by atoms with Crippen LogP contribution in [-0.4, -0.2) is 58.6 Å². The zero-order valence-corrected chi connectivity index (χ0v) is 15.8. The number of amidine groups is 1. The predicted octanol–water partition coefficient (Wildman–Crippen LogP) is 2.84. The van der Waals surface area contributed by atoms with E-state index in [1.165, 1.54) is 12.3 Å². The number of rotatable bonds is 5. The smallest absolute Gasteiger partial charge is 0.218 e. The number of likely N-dealkylation sites (tertiary alicyclic amines) is 1. The first kappa shape index (κ1) is 18.2. The lowest BCUT2D eigenvalue weighted by molar-refractivity contribution is -0.235. The summed E-state index contributed by atoms with van der Waals surface area (Å²) in [6, 6.07) is 1.48. The van der Waals surface area contributed by atoms with Gasteiger partial charge in [-0.1, -0.05) is 5.17 Å². The third-order valence-corrected chi connectivity index (χ3v) is 4.92. The number of alkyl halides is 1. The number of fused-ring (bicyclic) bond motifs is 1. The van der Waals surface area contributed by atoms with E-state index in [9.17, 15) is 4.39 Å². The molecule has 1 aromatic heterocycles. The maximum absolute atomic E-state index is 13.8. The number of hydrogen-bond donors (Lipinski definition) is 0. The normalized spacial score (nSPS) is 22.1. The zero-order valence-electron chi connectivity index (χ0n) is 15.0. The Hall–Kier alpha value is -2.16. The van der Waals surface area contributed by atoms with Crippen LogP contribution in [0, 0.1) is 5.82 Å². The second-order valence-electron chi connectivity index (χ2n) is 6.35. The van der Waals surface area contributed by atoms with Crippen molar-refractivity contribution in [2.45, 2.75) is 18.9 Å². The fourth-order valence-corrected chi connectivity index (χ4v) is 3.69. The number of nitrogens with zero attached hydrogens (tertiary/aromatic N) is 5. The van der Waals surface area contributed by atoms with E-state index in [1.54, 1.807) is 12.3 Å². The Morgan fingerprint density at radius 1 is 1.41 bits per heavy atom. The number of hydrogen-bond acceptors (Lipinski definition) is 7. The first-order valence-corrected chi connectivity index (χ1v) is 9.43. The molecule has 0 saturated carbocycles. The molecular formula is C18H21ClFN5O2. The van der Waals surface area contributed by atoms with Gasteiger partial charge in [0, 0.05) is 24.2 Å². The van der Waals surface area contributed by atoms with Gasteiger partial charge >= 0.3 is 0 Å². The van der Waals surface area contributed by atoms with Crippen LogP contribution in [0.2, 0.25) is 0 Å². The molecule has 1 aromatic rings. The van der Waals surface area contributed by atoms with Crippen molar-refractivity contribution in [3.63, 3.8) is 0 Å². The van der Waals surface area contributed by atoms with E-state index >= 15 is 0 Å². The molecule has 0 unspecified atom stereocenters. The SMILES string of the molecule is COc1ncc(F)cc1[C@H]1CCCN1C1=NC2=CCN(OCCCl)N2C=C1. The number of hydroxylamine groups is 1. The number of aliphatic imine (C=N–C) groups is 1. The third kappa shape index (κ3) is 3.52. The number of hydrazine groups is 1. The molecule has 1 atom stereocenters. The zero-order chi connectivity index (χ0) is 18.8. The van der Waals surface area contributed by atoms with Gasteiger partial charge in [-0.3, -0.25) is 4.84 Å². The highest BCUT2D eigenvalue weighted by Gasteiger charge is 2.33. The molecule has 0 amide bonds. The number of methoxy groups -OCH3 is 1. The van der Waals surface area contributed by atoms with E-state index < -0.39 is 0 Å². The van der Waals surface area contributed by atoms with Crippen LogP contribution in [0.15, 0.2) is 41.4 Å². The summed E-state index contributed by atoms with van der Waals surface area (Å²) >= 11 is 5.69. The van der Waals surface area contributed by atoms with Crippen LogP contribution in [0.25, 0.3) is 0 Å². The maximum Gasteiger partial charge on any atom is 0.218 e. The van der Waals surface area contributed by atoms with E-state index in [0.29, 0.717) is 24.9 Å². The highest BCUT2D eigenvalue weighted by molar-refractivity contribution is 6.17. The van der Waals surface area contributed by atoms with Crippen molar-refractivity contribution < 1.29 is 14.0 Å². The number of ether oxygens (including phenoxy) is 1. The fourth-order valence-electron chi connectivity index (χ4n) is 3.63. The van der Waals surface area contributed by atoms with Crippen LogP contribution in [-0.2, 0) is 4.84 Å². The summed E-state index contributed by atoms with van der Waals surface area (Å²) in [5, 5.41) is 3.57. The van der Waals surface area contributed by atoms with Gasteiger partial charge in [0.1, 0.15) is 17.5 Å². The van der Waals surface area contributed by atoms with Gasteiger partial charge in [-0.2, -0.15) is 0 Å². The van der Waals surface area contributed by atoms with Crippen molar-refractivity contribution in [3.8, 4) is 5.88 Å². The van der Waals surface area contributed by atoms with Gasteiger partial charge in [-0.05, 0) is 31.1 Å². The molecule has 0 spiro atoms. The van der Waals surface area contributed by atoms with Crippen LogP contribution in [0.1, 0.15) is 24.4 Å². The monoisotopic (exact) mass is 393 g/mol. The van der Waals surface area contributed by atoms with Crippen molar-refractivity contribution in [1.82, 2.24) is 20.1 Å². The molecule has 4 heterocycles. The summed E-state index contributed by atoms with van der Waals surface area (Å²) in [4.78, 5) is 16.6. The van der Waals surface area contributed by atoms with E-state index in [-0.39, 0.29) is 11.9 Å². The first-order valence-electron chi connectivity index (χ1n) is 8.90. The molecule has 1 fully saturated rings. The Kier molecular flexibility index (Phi) is 5.29. The summed E-state index contributed by atoms with van der Waals surface area (Å²) in [7, 11) is 1.55. The van der Waals surface area contributed by atoms with Crippen LogP contribution < -0.4 is 4.74 Å². The molecule has 0 aromatic carbocycles. The highest BCUT2D eigenvalue weighted by atomic mass is 35.5. The number of halogens is 2. The summed E-state index contributed by atoms with van der Waals surface area (Å²) in [5.41, 5.74) is 0.751. The Morgan fingerprint density at radius 2 is 2.30 bits per heavy atom. The molecule has 3 aliphatic heterocycles. The lowest BCUT2D eigenvalue weighted by Gasteiger charge is -2.32. The van der Waals surface area contributed by atoms with E-state index in [0.717, 1.165) is 36.6 Å². The second kappa shape index (κ2) is 7.84.